The number of hydrogen-bond acceptors (Lipinski definition) is 5. The number of carbonyl (C=O) groups excluding carboxylic acids is 2. The Morgan fingerprint density at radius 1 is 1.15 bits per heavy atom. The summed E-state index contributed by atoms with van der Waals surface area (Å²) in [5, 5.41) is 16.2. The van der Waals surface area contributed by atoms with Crippen molar-refractivity contribution >= 4 is 23.7 Å². The van der Waals surface area contributed by atoms with Gasteiger partial charge in [-0.05, 0) is 54.8 Å². The second-order valence-electron chi connectivity index (χ2n) is 5.75. The first-order valence-corrected chi connectivity index (χ1v) is 7.95. The maximum Gasteiger partial charge on any atom is 0.249 e. The number of anilines is 1. The van der Waals surface area contributed by atoms with Crippen LogP contribution < -0.4 is 15.5 Å². The molecule has 0 aliphatic carbocycles. The molecule has 2 rings (SSSR count). The van der Waals surface area contributed by atoms with Crippen molar-refractivity contribution in [2.45, 2.75) is 20.3 Å². The van der Waals surface area contributed by atoms with Crippen molar-refractivity contribution in [1.82, 2.24) is 5.43 Å². The molecule has 0 atom stereocenters. The Bertz CT molecular complexity index is 823. The van der Waals surface area contributed by atoms with E-state index < -0.39 is 11.8 Å². The topological polar surface area (TPSA) is 100 Å². The van der Waals surface area contributed by atoms with Crippen molar-refractivity contribution in [1.29, 1.82) is 0 Å². The fraction of sp³-hybridized carbons (Fsp3) is 0.211. The van der Waals surface area contributed by atoms with Crippen LogP contribution in [-0.4, -0.2) is 30.2 Å². The summed E-state index contributed by atoms with van der Waals surface area (Å²) in [6.45, 7) is 3.56. The highest BCUT2D eigenvalue weighted by Crippen LogP contribution is 2.22. The summed E-state index contributed by atoms with van der Waals surface area (Å²) in [4.78, 5) is 23.7. The number of aromatic hydroxyl groups is 1. The van der Waals surface area contributed by atoms with Crippen LogP contribution in [0, 0.1) is 13.8 Å². The second kappa shape index (κ2) is 8.66. The van der Waals surface area contributed by atoms with E-state index in [-0.39, 0.29) is 12.2 Å². The van der Waals surface area contributed by atoms with Gasteiger partial charge in [0, 0.05) is 11.8 Å². The van der Waals surface area contributed by atoms with Crippen LogP contribution in [0.2, 0.25) is 0 Å². The Kier molecular flexibility index (Phi) is 6.32. The van der Waals surface area contributed by atoms with E-state index in [1.807, 2.05) is 0 Å². The number of ether oxygens (including phenoxy) is 1. The van der Waals surface area contributed by atoms with Crippen molar-refractivity contribution in [2.75, 3.05) is 12.4 Å². The summed E-state index contributed by atoms with van der Waals surface area (Å²) in [5.41, 5.74) is 5.02. The average Bonchev–Trinajstić information content (AvgIpc) is 2.59. The van der Waals surface area contributed by atoms with Gasteiger partial charge in [0.25, 0.3) is 0 Å². The van der Waals surface area contributed by atoms with Gasteiger partial charge in [-0.1, -0.05) is 6.07 Å². The normalized spacial score (nSPS) is 10.6. The van der Waals surface area contributed by atoms with E-state index in [1.165, 1.54) is 13.3 Å². The molecule has 0 bridgehead atoms. The summed E-state index contributed by atoms with van der Waals surface area (Å²) in [6, 6.07) is 10.3. The monoisotopic (exact) mass is 355 g/mol. The lowest BCUT2D eigenvalue weighted by Crippen LogP contribution is -2.24. The molecule has 0 radical (unpaired) electrons. The van der Waals surface area contributed by atoms with Crippen LogP contribution in [0.3, 0.4) is 0 Å². The molecule has 2 amide bonds. The lowest BCUT2D eigenvalue weighted by molar-refractivity contribution is -0.126. The largest absolute Gasteiger partial charge is 0.507 e. The minimum Gasteiger partial charge on any atom is -0.507 e. The number of aryl methyl sites for hydroxylation is 2. The molecule has 3 N–H and O–H groups in total. The highest BCUT2D eigenvalue weighted by atomic mass is 16.5. The van der Waals surface area contributed by atoms with Crippen LogP contribution >= 0.6 is 0 Å². The average molecular weight is 355 g/mol. The maximum absolute atomic E-state index is 11.9. The van der Waals surface area contributed by atoms with Gasteiger partial charge < -0.3 is 15.2 Å². The Balaban J connectivity index is 1.87. The minimum absolute atomic E-state index is 0.236. The molecule has 0 aliphatic heterocycles. The molecule has 26 heavy (non-hydrogen) atoms. The van der Waals surface area contributed by atoms with Crippen molar-refractivity contribution in [2.24, 2.45) is 5.10 Å². The SMILES string of the molecule is COc1cccc(NC(=O)CC(=O)N/N=C/c2cc(C)c(O)c(C)c2)c1. The number of phenolic OH excluding ortho intramolecular Hbond substituents is 1. The smallest absolute Gasteiger partial charge is 0.249 e. The lowest BCUT2D eigenvalue weighted by Gasteiger charge is -2.06. The first-order chi connectivity index (χ1) is 12.4. The molecule has 0 spiro atoms. The molecule has 2 aromatic carbocycles. The lowest BCUT2D eigenvalue weighted by atomic mass is 10.1. The summed E-state index contributed by atoms with van der Waals surface area (Å²) in [6.07, 6.45) is 1.10. The molecule has 0 unspecified atom stereocenters. The number of phenols is 1. The third-order valence-electron chi connectivity index (χ3n) is 3.59. The van der Waals surface area contributed by atoms with Gasteiger partial charge >= 0.3 is 0 Å². The van der Waals surface area contributed by atoms with Gasteiger partial charge in [0.15, 0.2) is 0 Å². The van der Waals surface area contributed by atoms with Crippen LogP contribution in [0.1, 0.15) is 23.1 Å². The van der Waals surface area contributed by atoms with Crippen LogP contribution in [0.15, 0.2) is 41.5 Å². The van der Waals surface area contributed by atoms with E-state index in [0.717, 1.165) is 16.7 Å². The molecule has 2 aromatic rings. The van der Waals surface area contributed by atoms with E-state index >= 15 is 0 Å². The predicted molar refractivity (Wildman–Crippen MR) is 99.6 cm³/mol. The predicted octanol–water partition coefficient (Wildman–Crippen LogP) is 2.50. The number of hydrogen-bond donors (Lipinski definition) is 3. The maximum atomic E-state index is 11.9. The molecular formula is C19H21N3O4. The summed E-state index contributed by atoms with van der Waals surface area (Å²) in [5.74, 6) is -0.145. The molecule has 136 valence electrons. The van der Waals surface area contributed by atoms with Crippen LogP contribution in [-0.2, 0) is 9.59 Å². The molecule has 0 saturated carbocycles. The Labute approximate surface area is 151 Å². The molecule has 0 aromatic heterocycles. The standard InChI is InChI=1S/C19H21N3O4/c1-12-7-14(8-13(2)19(12)25)11-20-22-18(24)10-17(23)21-15-5-4-6-16(9-15)26-3/h4-9,11,25H,10H2,1-3H3,(H,21,23)(H,22,24)/b20-11+. The first-order valence-electron chi connectivity index (χ1n) is 7.95. The molecule has 7 nitrogen and oxygen atoms in total. The third kappa shape index (κ3) is 5.34. The minimum atomic E-state index is -0.533. The Morgan fingerprint density at radius 3 is 2.50 bits per heavy atom. The summed E-state index contributed by atoms with van der Waals surface area (Å²) < 4.78 is 5.07. The number of hydrazone groups is 1. The fourth-order valence-electron chi connectivity index (χ4n) is 2.33. The summed E-state index contributed by atoms with van der Waals surface area (Å²) in [7, 11) is 1.53. The molecule has 0 heterocycles. The van der Waals surface area contributed by atoms with Crippen molar-refractivity contribution in [3.63, 3.8) is 0 Å². The molecule has 0 aliphatic rings. The zero-order valence-corrected chi connectivity index (χ0v) is 14.9. The third-order valence-corrected chi connectivity index (χ3v) is 3.59. The van der Waals surface area contributed by atoms with Gasteiger partial charge in [0.05, 0.1) is 13.3 Å². The van der Waals surface area contributed by atoms with Gasteiger partial charge in [0.2, 0.25) is 11.8 Å². The second-order valence-corrected chi connectivity index (χ2v) is 5.75. The number of methoxy groups -OCH3 is 1. The highest BCUT2D eigenvalue weighted by molar-refractivity contribution is 6.03. The van der Waals surface area contributed by atoms with Crippen LogP contribution in [0.5, 0.6) is 11.5 Å². The van der Waals surface area contributed by atoms with Crippen LogP contribution in [0.4, 0.5) is 5.69 Å². The number of nitrogens with one attached hydrogen (secondary N) is 2. The molecule has 0 fully saturated rings. The van der Waals surface area contributed by atoms with Gasteiger partial charge in [-0.3, -0.25) is 9.59 Å². The van der Waals surface area contributed by atoms with E-state index in [2.05, 4.69) is 15.8 Å². The number of benzene rings is 2. The van der Waals surface area contributed by atoms with E-state index in [1.54, 1.807) is 50.2 Å². The quantitative estimate of drug-likeness (QED) is 0.421. The molecular weight excluding hydrogens is 334 g/mol. The van der Waals surface area contributed by atoms with Crippen LogP contribution in [0.25, 0.3) is 0 Å². The van der Waals surface area contributed by atoms with E-state index in [9.17, 15) is 14.7 Å². The van der Waals surface area contributed by atoms with Crippen molar-refractivity contribution in [3.8, 4) is 11.5 Å². The number of amides is 2. The fourth-order valence-corrected chi connectivity index (χ4v) is 2.33. The van der Waals surface area contributed by atoms with Gasteiger partial charge in [-0.2, -0.15) is 5.10 Å². The zero-order valence-electron chi connectivity index (χ0n) is 14.9. The van der Waals surface area contributed by atoms with Crippen molar-refractivity contribution in [3.05, 3.63) is 53.1 Å². The zero-order chi connectivity index (χ0) is 19.1. The Hall–Kier alpha value is -3.35. The highest BCUT2D eigenvalue weighted by Gasteiger charge is 2.09. The van der Waals surface area contributed by atoms with Gasteiger partial charge in [-0.25, -0.2) is 5.43 Å². The Morgan fingerprint density at radius 2 is 1.85 bits per heavy atom. The van der Waals surface area contributed by atoms with Gasteiger partial charge in [-0.15, -0.1) is 0 Å². The van der Waals surface area contributed by atoms with Gasteiger partial charge in [0.1, 0.15) is 17.9 Å². The first kappa shape index (κ1) is 19.0. The summed E-state index contributed by atoms with van der Waals surface area (Å²) >= 11 is 0. The number of carbonyl (C=O) groups is 2. The number of nitrogens with zero attached hydrogens (tertiary/aromatic N) is 1. The van der Waals surface area contributed by atoms with E-state index in [4.69, 9.17) is 4.74 Å². The van der Waals surface area contributed by atoms with Crippen molar-refractivity contribution < 1.29 is 19.4 Å². The molecule has 0 saturated heterocycles. The van der Waals surface area contributed by atoms with E-state index in [0.29, 0.717) is 11.4 Å². The number of rotatable bonds is 6. The molecule has 7 heteroatoms.